The predicted octanol–water partition coefficient (Wildman–Crippen LogP) is 1.44. The van der Waals surface area contributed by atoms with E-state index >= 15 is 0 Å². The van der Waals surface area contributed by atoms with Crippen LogP contribution in [0.2, 0.25) is 0 Å². The van der Waals surface area contributed by atoms with E-state index in [9.17, 15) is 0 Å². The first-order valence-corrected chi connectivity index (χ1v) is 4.74. The van der Waals surface area contributed by atoms with Gasteiger partial charge in [-0.15, -0.1) is 0 Å². The molecule has 2 rings (SSSR count). The molecule has 0 aromatic rings. The van der Waals surface area contributed by atoms with E-state index in [4.69, 9.17) is 14.9 Å². The molecule has 0 amide bonds. The standard InChI is InChI=1S/C8H13O.2CH4O.CH3.Ti/c1-2-6-3-4-7-8(5-6)9-7;2*1-2;;/h6-8H,1-5H2;2*2H,1H3;1H3;/q-1;;;-1;+2. The minimum Gasteiger partial charge on any atom is -0.400 e. The van der Waals surface area contributed by atoms with Gasteiger partial charge < -0.3 is 29.3 Å². The molecule has 90 valence electrons. The fourth-order valence-corrected chi connectivity index (χ4v) is 1.75. The van der Waals surface area contributed by atoms with Crippen LogP contribution in [0.4, 0.5) is 0 Å². The smallest absolute Gasteiger partial charge is 0.400 e. The van der Waals surface area contributed by atoms with Gasteiger partial charge in [0.1, 0.15) is 0 Å². The van der Waals surface area contributed by atoms with Gasteiger partial charge in [-0.1, -0.05) is 12.3 Å². The average molecular weight is 252 g/mol. The molecule has 2 N–H and O–H groups in total. The van der Waals surface area contributed by atoms with Crippen LogP contribution in [0, 0.1) is 20.3 Å². The summed E-state index contributed by atoms with van der Waals surface area (Å²) in [6, 6.07) is 0. The third-order valence-electron chi connectivity index (χ3n) is 2.52. The van der Waals surface area contributed by atoms with Gasteiger partial charge in [0.15, 0.2) is 0 Å². The number of hydrogen-bond acceptors (Lipinski definition) is 3. The molecule has 2 aliphatic rings. The van der Waals surface area contributed by atoms with Gasteiger partial charge in [-0.05, 0) is 12.8 Å². The second kappa shape index (κ2) is 12.7. The average Bonchev–Trinajstić information content (AvgIpc) is 3.01. The zero-order valence-corrected chi connectivity index (χ0v) is 11.6. The molecule has 0 spiro atoms. The summed E-state index contributed by atoms with van der Waals surface area (Å²) in [6.07, 6.45) is 6.34. The molecular weight excluding hydrogens is 228 g/mol. The zero-order valence-electron chi connectivity index (χ0n) is 10.1. The second-order valence-electron chi connectivity index (χ2n) is 3.18. The van der Waals surface area contributed by atoms with E-state index in [-0.39, 0.29) is 29.1 Å². The van der Waals surface area contributed by atoms with E-state index < -0.39 is 0 Å². The Bertz CT molecular complexity index is 122. The van der Waals surface area contributed by atoms with Crippen molar-refractivity contribution < 1.29 is 36.7 Å². The number of hydrogen-bond donors (Lipinski definition) is 2. The topological polar surface area (TPSA) is 53.0 Å². The van der Waals surface area contributed by atoms with Crippen molar-refractivity contribution in [2.45, 2.75) is 37.9 Å². The fraction of sp³-hybridized carbons (Fsp3) is 0.818. The number of aliphatic hydroxyl groups is 2. The first kappa shape index (κ1) is 20.9. The van der Waals surface area contributed by atoms with Crippen molar-refractivity contribution in [2.75, 3.05) is 14.2 Å². The van der Waals surface area contributed by atoms with Crippen LogP contribution in [-0.2, 0) is 26.5 Å². The SMILES string of the molecule is CO.CO.[CH2-]CC1CCC2OC2C1.[CH3-].[Ti+2]. The number of fused-ring (bicyclic) bond motifs is 1. The first-order valence-electron chi connectivity index (χ1n) is 4.74. The molecule has 1 saturated carbocycles. The van der Waals surface area contributed by atoms with Crippen molar-refractivity contribution in [2.24, 2.45) is 5.92 Å². The van der Waals surface area contributed by atoms with Crippen LogP contribution in [0.1, 0.15) is 25.7 Å². The molecule has 3 atom stereocenters. The van der Waals surface area contributed by atoms with E-state index in [0.29, 0.717) is 12.2 Å². The molecule has 0 radical (unpaired) electrons. The fourth-order valence-electron chi connectivity index (χ4n) is 1.75. The Morgan fingerprint density at radius 1 is 1.13 bits per heavy atom. The molecule has 1 saturated heterocycles. The maximum Gasteiger partial charge on any atom is 2.00 e. The Kier molecular flexibility index (Phi) is 17.7. The summed E-state index contributed by atoms with van der Waals surface area (Å²) >= 11 is 0. The summed E-state index contributed by atoms with van der Waals surface area (Å²) in [5.41, 5.74) is 0. The van der Waals surface area contributed by atoms with Gasteiger partial charge in [-0.25, -0.2) is 0 Å². The number of ether oxygens (including phenoxy) is 1. The molecule has 0 aromatic heterocycles. The van der Waals surface area contributed by atoms with Crippen molar-refractivity contribution in [1.29, 1.82) is 0 Å². The van der Waals surface area contributed by atoms with Crippen molar-refractivity contribution in [3.63, 3.8) is 0 Å². The van der Waals surface area contributed by atoms with Gasteiger partial charge in [0.05, 0.1) is 12.2 Å². The Labute approximate surface area is 109 Å². The van der Waals surface area contributed by atoms with Crippen molar-refractivity contribution in [1.82, 2.24) is 0 Å². The maximum atomic E-state index is 7.00. The van der Waals surface area contributed by atoms with E-state index in [1.807, 2.05) is 0 Å². The van der Waals surface area contributed by atoms with Gasteiger partial charge in [-0.3, -0.25) is 0 Å². The molecule has 15 heavy (non-hydrogen) atoms. The van der Waals surface area contributed by atoms with Crippen LogP contribution in [0.5, 0.6) is 0 Å². The van der Waals surface area contributed by atoms with E-state index in [1.165, 1.54) is 19.3 Å². The van der Waals surface area contributed by atoms with Crippen LogP contribution in [0.25, 0.3) is 0 Å². The van der Waals surface area contributed by atoms with Gasteiger partial charge >= 0.3 is 21.7 Å². The zero-order chi connectivity index (χ0) is 10.3. The summed E-state index contributed by atoms with van der Waals surface area (Å²) in [7, 11) is 2.00. The third-order valence-corrected chi connectivity index (χ3v) is 2.52. The molecule has 4 heteroatoms. The number of epoxide rings is 1. The first-order chi connectivity index (χ1) is 6.40. The third kappa shape index (κ3) is 7.48. The van der Waals surface area contributed by atoms with Crippen LogP contribution in [-0.4, -0.2) is 36.6 Å². The Balaban J connectivity index is -0.000000218. The van der Waals surface area contributed by atoms with Crippen molar-refractivity contribution in [3.05, 3.63) is 14.4 Å². The molecule has 1 aliphatic carbocycles. The van der Waals surface area contributed by atoms with Crippen molar-refractivity contribution in [3.8, 4) is 0 Å². The summed E-state index contributed by atoms with van der Waals surface area (Å²) in [4.78, 5) is 0. The maximum absolute atomic E-state index is 7.00. The molecule has 1 heterocycles. The molecular formula is C11H24O3Ti. The summed E-state index contributed by atoms with van der Waals surface area (Å²) in [5.74, 6) is 0.869. The van der Waals surface area contributed by atoms with Gasteiger partial charge in [0.2, 0.25) is 0 Å². The van der Waals surface area contributed by atoms with Crippen LogP contribution >= 0.6 is 0 Å². The van der Waals surface area contributed by atoms with Crippen molar-refractivity contribution >= 4 is 0 Å². The largest absolute Gasteiger partial charge is 2.00 e. The van der Waals surface area contributed by atoms with Gasteiger partial charge in [0, 0.05) is 14.2 Å². The van der Waals surface area contributed by atoms with Crippen LogP contribution in [0.15, 0.2) is 0 Å². The minimum absolute atomic E-state index is 0. The quantitative estimate of drug-likeness (QED) is 0.422. The summed E-state index contributed by atoms with van der Waals surface area (Å²) in [5, 5.41) is 14.0. The molecule has 0 bridgehead atoms. The Morgan fingerprint density at radius 2 is 1.67 bits per heavy atom. The van der Waals surface area contributed by atoms with Crippen LogP contribution in [0.3, 0.4) is 0 Å². The van der Waals surface area contributed by atoms with Gasteiger partial charge in [-0.2, -0.15) is 6.42 Å². The van der Waals surface area contributed by atoms with E-state index in [0.717, 1.165) is 26.6 Å². The Hall–Kier alpha value is 0.594. The number of rotatable bonds is 1. The Morgan fingerprint density at radius 3 is 2.07 bits per heavy atom. The summed E-state index contributed by atoms with van der Waals surface area (Å²) < 4.78 is 5.38. The van der Waals surface area contributed by atoms with Crippen LogP contribution < -0.4 is 0 Å². The molecule has 0 aromatic carbocycles. The number of aliphatic hydroxyl groups excluding tert-OH is 2. The molecule has 3 unspecified atom stereocenters. The minimum atomic E-state index is 0. The molecule has 2 fully saturated rings. The predicted molar refractivity (Wildman–Crippen MR) is 58.7 cm³/mol. The second-order valence-corrected chi connectivity index (χ2v) is 3.18. The van der Waals surface area contributed by atoms with Gasteiger partial charge in [0.25, 0.3) is 0 Å². The van der Waals surface area contributed by atoms with E-state index in [2.05, 4.69) is 6.92 Å². The normalized spacial score (nSPS) is 29.8. The summed E-state index contributed by atoms with van der Waals surface area (Å²) in [6.45, 7) is 3.91. The molecule has 3 nitrogen and oxygen atoms in total. The molecule has 1 aliphatic heterocycles. The van der Waals surface area contributed by atoms with E-state index in [1.54, 1.807) is 0 Å². The monoisotopic (exact) mass is 252 g/mol.